The van der Waals surface area contributed by atoms with E-state index in [0.717, 1.165) is 6.42 Å². The van der Waals surface area contributed by atoms with Crippen LogP contribution < -0.4 is 16.0 Å². The SMILES string of the molecule is O=C(CNC(=O)NCCCOCCc1ccccc1)NCC(F)(F)F. The number of nitrogens with one attached hydrogen (secondary N) is 3. The Morgan fingerprint density at radius 2 is 1.72 bits per heavy atom. The molecule has 0 aromatic heterocycles. The zero-order chi connectivity index (χ0) is 18.5. The van der Waals surface area contributed by atoms with Gasteiger partial charge in [0.2, 0.25) is 5.91 Å². The van der Waals surface area contributed by atoms with E-state index in [4.69, 9.17) is 4.74 Å². The first-order valence-corrected chi connectivity index (χ1v) is 7.83. The van der Waals surface area contributed by atoms with E-state index in [0.29, 0.717) is 26.2 Å². The minimum absolute atomic E-state index is 0.335. The number of alkyl halides is 3. The van der Waals surface area contributed by atoms with E-state index in [1.54, 1.807) is 5.32 Å². The molecule has 0 saturated heterocycles. The summed E-state index contributed by atoms with van der Waals surface area (Å²) in [6.07, 6.45) is -3.08. The fraction of sp³-hybridized carbons (Fsp3) is 0.500. The molecular formula is C16H22F3N3O3. The van der Waals surface area contributed by atoms with Gasteiger partial charge >= 0.3 is 12.2 Å². The maximum absolute atomic E-state index is 11.9. The second-order valence-electron chi connectivity index (χ2n) is 5.20. The molecular weight excluding hydrogens is 339 g/mol. The molecule has 6 nitrogen and oxygen atoms in total. The summed E-state index contributed by atoms with van der Waals surface area (Å²) in [5.74, 6) is -0.906. The summed E-state index contributed by atoms with van der Waals surface area (Å²) in [5.41, 5.74) is 1.18. The molecule has 25 heavy (non-hydrogen) atoms. The van der Waals surface area contributed by atoms with Crippen molar-refractivity contribution in [1.29, 1.82) is 0 Å². The Balaban J connectivity index is 1.95. The fourth-order valence-corrected chi connectivity index (χ4v) is 1.80. The van der Waals surface area contributed by atoms with Gasteiger partial charge in [0.15, 0.2) is 0 Å². The smallest absolute Gasteiger partial charge is 0.381 e. The Kier molecular flexibility index (Phi) is 9.38. The minimum atomic E-state index is -4.47. The van der Waals surface area contributed by atoms with Gasteiger partial charge in [0.1, 0.15) is 6.54 Å². The van der Waals surface area contributed by atoms with Crippen molar-refractivity contribution in [3.8, 4) is 0 Å². The van der Waals surface area contributed by atoms with Crippen LogP contribution in [0.3, 0.4) is 0 Å². The Labute approximate surface area is 144 Å². The monoisotopic (exact) mass is 361 g/mol. The maximum Gasteiger partial charge on any atom is 0.405 e. The standard InChI is InChI=1S/C16H22F3N3O3/c17-16(18,19)12-22-14(23)11-21-15(24)20-8-4-9-25-10-7-13-5-2-1-3-6-13/h1-3,5-6H,4,7-12H2,(H,22,23)(H2,20,21,24). The molecule has 9 heteroatoms. The van der Waals surface area contributed by atoms with Crippen molar-refractivity contribution < 1.29 is 27.5 Å². The molecule has 0 aliphatic heterocycles. The summed E-state index contributed by atoms with van der Waals surface area (Å²) in [4.78, 5) is 22.4. The largest absolute Gasteiger partial charge is 0.405 e. The van der Waals surface area contributed by atoms with E-state index < -0.39 is 31.2 Å². The van der Waals surface area contributed by atoms with Gasteiger partial charge in [-0.05, 0) is 18.4 Å². The summed E-state index contributed by atoms with van der Waals surface area (Å²) >= 11 is 0. The molecule has 0 atom stereocenters. The lowest BCUT2D eigenvalue weighted by molar-refractivity contribution is -0.137. The summed E-state index contributed by atoms with van der Waals surface area (Å²) < 4.78 is 41.1. The number of benzene rings is 1. The molecule has 3 N–H and O–H groups in total. The number of amides is 3. The van der Waals surface area contributed by atoms with Gasteiger partial charge in [0, 0.05) is 13.2 Å². The quantitative estimate of drug-likeness (QED) is 0.554. The molecule has 0 fully saturated rings. The van der Waals surface area contributed by atoms with Crippen molar-refractivity contribution in [2.24, 2.45) is 0 Å². The zero-order valence-corrected chi connectivity index (χ0v) is 13.7. The van der Waals surface area contributed by atoms with Crippen LogP contribution in [0.25, 0.3) is 0 Å². The van der Waals surface area contributed by atoms with Gasteiger partial charge in [0.25, 0.3) is 0 Å². The fourth-order valence-electron chi connectivity index (χ4n) is 1.80. The van der Waals surface area contributed by atoms with E-state index in [-0.39, 0.29) is 0 Å². The van der Waals surface area contributed by atoms with Crippen LogP contribution in [0.5, 0.6) is 0 Å². The molecule has 0 aliphatic rings. The number of carbonyl (C=O) groups excluding carboxylic acids is 2. The second kappa shape index (κ2) is 11.3. The minimum Gasteiger partial charge on any atom is -0.381 e. The van der Waals surface area contributed by atoms with Gasteiger partial charge in [-0.2, -0.15) is 13.2 Å². The topological polar surface area (TPSA) is 79.5 Å². The van der Waals surface area contributed by atoms with Crippen molar-refractivity contribution in [3.05, 3.63) is 35.9 Å². The zero-order valence-electron chi connectivity index (χ0n) is 13.7. The number of ether oxygens (including phenoxy) is 1. The van der Waals surface area contributed by atoms with Crippen molar-refractivity contribution in [2.75, 3.05) is 32.8 Å². The van der Waals surface area contributed by atoms with Crippen molar-refractivity contribution in [2.45, 2.75) is 19.0 Å². The van der Waals surface area contributed by atoms with Crippen LogP contribution in [0, 0.1) is 0 Å². The molecule has 140 valence electrons. The van der Waals surface area contributed by atoms with Crippen LogP contribution in [0.2, 0.25) is 0 Å². The molecule has 0 bridgehead atoms. The van der Waals surface area contributed by atoms with E-state index in [1.807, 2.05) is 30.3 Å². The third-order valence-corrected chi connectivity index (χ3v) is 3.02. The van der Waals surface area contributed by atoms with Gasteiger partial charge in [0.05, 0.1) is 13.2 Å². The third kappa shape index (κ3) is 11.8. The highest BCUT2D eigenvalue weighted by molar-refractivity contribution is 5.83. The molecule has 0 saturated carbocycles. The molecule has 0 radical (unpaired) electrons. The lowest BCUT2D eigenvalue weighted by atomic mass is 10.2. The first-order valence-electron chi connectivity index (χ1n) is 7.83. The Morgan fingerprint density at radius 3 is 2.40 bits per heavy atom. The van der Waals surface area contributed by atoms with Crippen LogP contribution in [0.1, 0.15) is 12.0 Å². The van der Waals surface area contributed by atoms with Crippen molar-refractivity contribution in [1.82, 2.24) is 16.0 Å². The lowest BCUT2D eigenvalue weighted by Gasteiger charge is -2.10. The van der Waals surface area contributed by atoms with Gasteiger partial charge in [-0.3, -0.25) is 4.79 Å². The molecule has 0 unspecified atom stereocenters. The van der Waals surface area contributed by atoms with E-state index in [9.17, 15) is 22.8 Å². The van der Waals surface area contributed by atoms with Crippen molar-refractivity contribution >= 4 is 11.9 Å². The normalized spacial score (nSPS) is 11.0. The highest BCUT2D eigenvalue weighted by atomic mass is 19.4. The van der Waals surface area contributed by atoms with Gasteiger partial charge in [-0.15, -0.1) is 0 Å². The average molecular weight is 361 g/mol. The second-order valence-corrected chi connectivity index (χ2v) is 5.20. The van der Waals surface area contributed by atoms with Crippen LogP contribution in [0.15, 0.2) is 30.3 Å². The number of urea groups is 1. The summed E-state index contributed by atoms with van der Waals surface area (Å²) in [5, 5.41) is 6.31. The van der Waals surface area contributed by atoms with E-state index >= 15 is 0 Å². The predicted molar refractivity (Wildman–Crippen MR) is 86.0 cm³/mol. The summed E-state index contributed by atoms with van der Waals surface area (Å²) in [6.45, 7) is -0.555. The molecule has 0 spiro atoms. The number of rotatable bonds is 10. The average Bonchev–Trinajstić information content (AvgIpc) is 2.57. The van der Waals surface area contributed by atoms with E-state index in [2.05, 4.69) is 10.6 Å². The van der Waals surface area contributed by atoms with E-state index in [1.165, 1.54) is 5.56 Å². The maximum atomic E-state index is 11.9. The Hall–Kier alpha value is -2.29. The van der Waals surface area contributed by atoms with Crippen LogP contribution in [-0.2, 0) is 16.0 Å². The summed E-state index contributed by atoms with van der Waals surface area (Å²) in [7, 11) is 0. The third-order valence-electron chi connectivity index (χ3n) is 3.02. The highest BCUT2D eigenvalue weighted by Crippen LogP contribution is 2.11. The Bertz CT molecular complexity index is 524. The van der Waals surface area contributed by atoms with Crippen LogP contribution in [-0.4, -0.2) is 51.0 Å². The first-order chi connectivity index (χ1) is 11.9. The van der Waals surface area contributed by atoms with Gasteiger partial charge < -0.3 is 20.7 Å². The number of hydrogen-bond donors (Lipinski definition) is 3. The Morgan fingerprint density at radius 1 is 1.00 bits per heavy atom. The van der Waals surface area contributed by atoms with Crippen LogP contribution in [0.4, 0.5) is 18.0 Å². The van der Waals surface area contributed by atoms with Crippen LogP contribution >= 0.6 is 0 Å². The highest BCUT2D eigenvalue weighted by Gasteiger charge is 2.27. The molecule has 1 rings (SSSR count). The molecule has 0 heterocycles. The molecule has 0 aliphatic carbocycles. The first kappa shape index (κ1) is 20.8. The van der Waals surface area contributed by atoms with Gasteiger partial charge in [-0.1, -0.05) is 30.3 Å². The number of hydrogen-bond acceptors (Lipinski definition) is 3. The molecule has 3 amide bonds. The molecule has 1 aromatic carbocycles. The van der Waals surface area contributed by atoms with Crippen molar-refractivity contribution in [3.63, 3.8) is 0 Å². The number of carbonyl (C=O) groups is 2. The molecule has 1 aromatic rings. The predicted octanol–water partition coefficient (Wildman–Crippen LogP) is 1.61. The summed E-state index contributed by atoms with van der Waals surface area (Å²) in [6, 6.07) is 9.27. The lowest BCUT2D eigenvalue weighted by Crippen LogP contribution is -2.44. The number of halogens is 3. The van der Waals surface area contributed by atoms with Gasteiger partial charge in [-0.25, -0.2) is 4.79 Å².